The Morgan fingerprint density at radius 1 is 1.18 bits per heavy atom. The maximum atomic E-state index is 4.47. The normalized spacial score (nSPS) is 10.9. The Balaban J connectivity index is 2.31. The molecule has 1 aromatic carbocycles. The Bertz CT molecular complexity index is 688. The molecule has 0 saturated carbocycles. The molecule has 0 N–H and O–H groups in total. The molecule has 2 heterocycles. The van der Waals surface area contributed by atoms with Crippen LogP contribution in [0, 0.1) is 3.83 Å². The number of hydrogen-bond acceptors (Lipinski definition) is 2. The fourth-order valence-electron chi connectivity index (χ4n) is 2.03. The molecule has 0 spiro atoms. The van der Waals surface area contributed by atoms with Crippen LogP contribution in [0.3, 0.4) is 0 Å². The van der Waals surface area contributed by atoms with Crippen LogP contribution in [0.2, 0.25) is 0 Å². The monoisotopic (exact) mass is 335 g/mol. The number of hydrogen-bond donors (Lipinski definition) is 0. The molecule has 0 radical (unpaired) electrons. The van der Waals surface area contributed by atoms with E-state index in [1.807, 2.05) is 6.07 Å². The van der Waals surface area contributed by atoms with E-state index in [1.165, 1.54) is 10.9 Å². The maximum absolute atomic E-state index is 4.47. The third-order valence-electron chi connectivity index (χ3n) is 2.80. The summed E-state index contributed by atoms with van der Waals surface area (Å²) in [5.74, 6) is 0. The minimum absolute atomic E-state index is 0.771. The molecule has 0 atom stereocenters. The highest BCUT2D eigenvalue weighted by atomic mass is 127. The third kappa shape index (κ3) is 1.82. The largest absolute Gasteiger partial charge is 0.350 e. The fourth-order valence-corrected chi connectivity index (χ4v) is 2.45. The molecule has 0 aliphatic rings. The molecular weight excluding hydrogens is 325 g/mol. The van der Waals surface area contributed by atoms with Crippen molar-refractivity contribution in [2.45, 2.75) is 0 Å². The van der Waals surface area contributed by atoms with Gasteiger partial charge in [-0.15, -0.1) is 0 Å². The van der Waals surface area contributed by atoms with Crippen molar-refractivity contribution in [2.75, 3.05) is 0 Å². The highest BCUT2D eigenvalue weighted by Crippen LogP contribution is 2.28. The van der Waals surface area contributed by atoms with E-state index in [1.54, 1.807) is 6.20 Å². The Morgan fingerprint density at radius 2 is 2.00 bits per heavy atom. The summed E-state index contributed by atoms with van der Waals surface area (Å²) in [5, 5.41) is 1.23. The molecule has 0 saturated heterocycles. The van der Waals surface area contributed by atoms with Gasteiger partial charge in [0.05, 0.1) is 5.69 Å². The van der Waals surface area contributed by atoms with Gasteiger partial charge in [-0.1, -0.05) is 18.2 Å². The van der Waals surface area contributed by atoms with Gasteiger partial charge in [0.15, 0.2) is 3.83 Å². The molecule has 3 nitrogen and oxygen atoms in total. The second-order valence-electron chi connectivity index (χ2n) is 3.88. The zero-order valence-electron chi connectivity index (χ0n) is 9.26. The van der Waals surface area contributed by atoms with E-state index in [4.69, 9.17) is 0 Å². The summed E-state index contributed by atoms with van der Waals surface area (Å²) in [6.45, 7) is 0. The molecular formula is C13H10IN3. The van der Waals surface area contributed by atoms with Crippen LogP contribution < -0.4 is 0 Å². The summed E-state index contributed by atoms with van der Waals surface area (Å²) in [6, 6.07) is 10.3. The lowest BCUT2D eigenvalue weighted by molar-refractivity contribution is 0.968. The lowest BCUT2D eigenvalue weighted by atomic mass is 10.1. The van der Waals surface area contributed by atoms with E-state index in [0.29, 0.717) is 0 Å². The summed E-state index contributed by atoms with van der Waals surface area (Å²) in [6.07, 6.45) is 3.91. The highest BCUT2D eigenvalue weighted by Gasteiger charge is 2.09. The molecule has 0 amide bonds. The van der Waals surface area contributed by atoms with Gasteiger partial charge < -0.3 is 4.57 Å². The predicted molar refractivity (Wildman–Crippen MR) is 76.7 cm³/mol. The van der Waals surface area contributed by atoms with Gasteiger partial charge in [0, 0.05) is 58.5 Å². The Labute approximate surface area is 113 Å². The van der Waals surface area contributed by atoms with E-state index < -0.39 is 0 Å². The molecule has 4 heteroatoms. The molecule has 0 aliphatic heterocycles. The minimum atomic E-state index is 0.771. The van der Waals surface area contributed by atoms with Gasteiger partial charge in [-0.25, -0.2) is 9.97 Å². The van der Waals surface area contributed by atoms with Gasteiger partial charge in [0.2, 0.25) is 0 Å². The van der Waals surface area contributed by atoms with Gasteiger partial charge in [0.25, 0.3) is 0 Å². The van der Waals surface area contributed by atoms with E-state index in [0.717, 1.165) is 15.1 Å². The average Bonchev–Trinajstić information content (AvgIpc) is 2.68. The number of fused-ring (bicyclic) bond motifs is 1. The van der Waals surface area contributed by atoms with Crippen LogP contribution in [0.4, 0.5) is 0 Å². The van der Waals surface area contributed by atoms with Crippen molar-refractivity contribution in [1.29, 1.82) is 0 Å². The fraction of sp³-hybridized carbons (Fsp3) is 0.0769. The quantitative estimate of drug-likeness (QED) is 0.505. The number of aryl methyl sites for hydroxylation is 1. The summed E-state index contributed by atoms with van der Waals surface area (Å²) >= 11 is 2.13. The summed E-state index contributed by atoms with van der Waals surface area (Å²) in [7, 11) is 2.05. The number of para-hydroxylation sites is 1. The first-order valence-electron chi connectivity index (χ1n) is 5.29. The standard InChI is InChI=1S/C13H10IN3/c1-17-8-10(9-4-2-3-5-12(9)17)11-6-7-15-13(14)16-11/h2-8H,1H3. The van der Waals surface area contributed by atoms with Gasteiger partial charge in [-0.05, 0) is 12.1 Å². The number of benzene rings is 1. The molecule has 0 unspecified atom stereocenters. The van der Waals surface area contributed by atoms with Gasteiger partial charge in [-0.2, -0.15) is 0 Å². The lowest BCUT2D eigenvalue weighted by Gasteiger charge is -1.98. The van der Waals surface area contributed by atoms with Crippen LogP contribution in [0.5, 0.6) is 0 Å². The summed E-state index contributed by atoms with van der Waals surface area (Å²) in [4.78, 5) is 8.59. The molecule has 0 fully saturated rings. The molecule has 84 valence electrons. The topological polar surface area (TPSA) is 30.7 Å². The summed E-state index contributed by atoms with van der Waals surface area (Å²) < 4.78 is 2.90. The zero-order valence-corrected chi connectivity index (χ0v) is 11.4. The smallest absolute Gasteiger partial charge is 0.191 e. The van der Waals surface area contributed by atoms with Crippen molar-refractivity contribution in [3.63, 3.8) is 0 Å². The average molecular weight is 335 g/mol. The number of rotatable bonds is 1. The Morgan fingerprint density at radius 3 is 2.82 bits per heavy atom. The Hall–Kier alpha value is -1.43. The van der Waals surface area contributed by atoms with Crippen LogP contribution in [0.1, 0.15) is 0 Å². The van der Waals surface area contributed by atoms with Crippen molar-refractivity contribution in [3.8, 4) is 11.3 Å². The van der Waals surface area contributed by atoms with Crippen molar-refractivity contribution in [1.82, 2.24) is 14.5 Å². The second-order valence-corrected chi connectivity index (χ2v) is 4.85. The van der Waals surface area contributed by atoms with E-state index in [9.17, 15) is 0 Å². The molecule has 0 aliphatic carbocycles. The molecule has 3 aromatic rings. The first-order valence-corrected chi connectivity index (χ1v) is 6.36. The molecule has 3 rings (SSSR count). The second kappa shape index (κ2) is 4.10. The maximum Gasteiger partial charge on any atom is 0.191 e. The van der Waals surface area contributed by atoms with Gasteiger partial charge in [0.1, 0.15) is 0 Å². The van der Waals surface area contributed by atoms with Crippen molar-refractivity contribution in [3.05, 3.63) is 46.6 Å². The highest BCUT2D eigenvalue weighted by molar-refractivity contribution is 14.1. The van der Waals surface area contributed by atoms with Crippen molar-refractivity contribution >= 4 is 33.5 Å². The predicted octanol–water partition coefficient (Wildman–Crippen LogP) is 3.24. The molecule has 0 bridgehead atoms. The van der Waals surface area contributed by atoms with Crippen molar-refractivity contribution < 1.29 is 0 Å². The van der Waals surface area contributed by atoms with Crippen LogP contribution in [0.25, 0.3) is 22.2 Å². The van der Waals surface area contributed by atoms with Gasteiger partial charge in [-0.3, -0.25) is 0 Å². The van der Waals surface area contributed by atoms with Crippen LogP contribution >= 0.6 is 22.6 Å². The zero-order chi connectivity index (χ0) is 11.8. The first-order chi connectivity index (χ1) is 8.25. The van der Waals surface area contributed by atoms with E-state index in [-0.39, 0.29) is 0 Å². The van der Waals surface area contributed by atoms with E-state index >= 15 is 0 Å². The number of nitrogens with zero attached hydrogens (tertiary/aromatic N) is 3. The molecule has 2 aromatic heterocycles. The Kier molecular flexibility index (Phi) is 2.58. The van der Waals surface area contributed by atoms with Gasteiger partial charge >= 0.3 is 0 Å². The molecule has 17 heavy (non-hydrogen) atoms. The lowest BCUT2D eigenvalue weighted by Crippen LogP contribution is -1.88. The number of halogens is 1. The van der Waals surface area contributed by atoms with Crippen LogP contribution in [-0.2, 0) is 7.05 Å². The minimum Gasteiger partial charge on any atom is -0.350 e. The van der Waals surface area contributed by atoms with Crippen molar-refractivity contribution in [2.24, 2.45) is 7.05 Å². The summed E-state index contributed by atoms with van der Waals surface area (Å²) in [5.41, 5.74) is 3.35. The van der Waals surface area contributed by atoms with E-state index in [2.05, 4.69) is 74.6 Å². The third-order valence-corrected chi connectivity index (χ3v) is 3.32. The van der Waals surface area contributed by atoms with Crippen LogP contribution in [0.15, 0.2) is 42.7 Å². The SMILES string of the molecule is Cn1cc(-c2ccnc(I)n2)c2ccccc21. The number of aromatic nitrogens is 3. The van der Waals surface area contributed by atoms with Crippen LogP contribution in [-0.4, -0.2) is 14.5 Å². The first kappa shape index (κ1) is 10.7.